The zero-order valence-corrected chi connectivity index (χ0v) is 20.1. The molecule has 3 aromatic rings. The van der Waals surface area contributed by atoms with Crippen molar-refractivity contribution in [1.82, 2.24) is 19.7 Å². The molecule has 0 aliphatic rings. The van der Waals surface area contributed by atoms with Gasteiger partial charge in [0.25, 0.3) is 0 Å². The summed E-state index contributed by atoms with van der Waals surface area (Å²) in [6.07, 6.45) is 1.77. The van der Waals surface area contributed by atoms with Crippen LogP contribution in [0.3, 0.4) is 0 Å². The van der Waals surface area contributed by atoms with E-state index in [4.69, 9.17) is 0 Å². The van der Waals surface area contributed by atoms with Crippen molar-refractivity contribution in [3.8, 4) is 0 Å². The number of hydrogen-bond donors (Lipinski definition) is 2. The summed E-state index contributed by atoms with van der Waals surface area (Å²) in [4.78, 5) is 30.6. The predicted octanol–water partition coefficient (Wildman–Crippen LogP) is 4.15. The molecule has 1 aromatic carbocycles. The minimum Gasteiger partial charge on any atom is -0.326 e. The van der Waals surface area contributed by atoms with E-state index in [1.807, 2.05) is 45.0 Å². The zero-order valence-electron chi connectivity index (χ0n) is 18.5. The number of amides is 2. The molecule has 0 aliphatic carbocycles. The number of allylic oxidation sites excluding steroid dienone is 1. The third kappa shape index (κ3) is 6.04. The Hall–Kier alpha value is -2.98. The Morgan fingerprint density at radius 3 is 2.69 bits per heavy atom. The van der Waals surface area contributed by atoms with Gasteiger partial charge in [-0.1, -0.05) is 30.0 Å². The van der Waals surface area contributed by atoms with Gasteiger partial charge in [-0.25, -0.2) is 4.98 Å². The Kier molecular flexibility index (Phi) is 7.81. The minimum absolute atomic E-state index is 0.0631. The van der Waals surface area contributed by atoms with Gasteiger partial charge < -0.3 is 15.2 Å². The number of aryl methyl sites for hydroxylation is 3. The summed E-state index contributed by atoms with van der Waals surface area (Å²) in [5.74, 6) is 0.150. The Bertz CT molecular complexity index is 1120. The van der Waals surface area contributed by atoms with Crippen LogP contribution in [0.15, 0.2) is 42.1 Å². The predicted molar refractivity (Wildman–Crippen MR) is 129 cm³/mol. The van der Waals surface area contributed by atoms with Crippen molar-refractivity contribution in [2.75, 3.05) is 10.6 Å². The summed E-state index contributed by atoms with van der Waals surface area (Å²) >= 11 is 2.72. The van der Waals surface area contributed by atoms with Crippen molar-refractivity contribution in [2.24, 2.45) is 0 Å². The molecule has 0 fully saturated rings. The van der Waals surface area contributed by atoms with Gasteiger partial charge in [0.2, 0.25) is 11.8 Å². The molecule has 2 N–H and O–H groups in total. The number of thioether (sulfide) groups is 1. The Labute approximate surface area is 195 Å². The molecule has 1 unspecified atom stereocenters. The molecule has 32 heavy (non-hydrogen) atoms. The highest BCUT2D eigenvalue weighted by atomic mass is 32.2. The van der Waals surface area contributed by atoms with E-state index < -0.39 is 5.25 Å². The van der Waals surface area contributed by atoms with E-state index in [0.29, 0.717) is 22.7 Å². The molecule has 0 aliphatic heterocycles. The van der Waals surface area contributed by atoms with Crippen molar-refractivity contribution in [2.45, 2.75) is 51.1 Å². The minimum atomic E-state index is -0.429. The first kappa shape index (κ1) is 23.7. The van der Waals surface area contributed by atoms with Crippen LogP contribution in [0.1, 0.15) is 28.9 Å². The molecular weight excluding hydrogens is 444 g/mol. The topological polar surface area (TPSA) is 102 Å². The van der Waals surface area contributed by atoms with Gasteiger partial charge in [0.1, 0.15) is 5.82 Å². The van der Waals surface area contributed by atoms with E-state index in [0.717, 1.165) is 21.8 Å². The van der Waals surface area contributed by atoms with Crippen LogP contribution in [-0.2, 0) is 22.6 Å². The van der Waals surface area contributed by atoms with Crippen molar-refractivity contribution in [1.29, 1.82) is 0 Å². The summed E-state index contributed by atoms with van der Waals surface area (Å²) in [6.45, 7) is 11.9. The normalized spacial score (nSPS) is 11.8. The highest BCUT2D eigenvalue weighted by Gasteiger charge is 2.22. The maximum atomic E-state index is 12.6. The molecule has 2 aromatic heterocycles. The van der Waals surface area contributed by atoms with Gasteiger partial charge in [-0.05, 0) is 45.4 Å². The molecule has 0 bridgehead atoms. The summed E-state index contributed by atoms with van der Waals surface area (Å²) in [6, 6.07) is 7.60. The van der Waals surface area contributed by atoms with Crippen molar-refractivity contribution < 1.29 is 9.59 Å². The molecule has 3 rings (SSSR count). The van der Waals surface area contributed by atoms with Crippen LogP contribution in [0.2, 0.25) is 0 Å². The number of anilines is 2. The van der Waals surface area contributed by atoms with Crippen LogP contribution in [0.5, 0.6) is 0 Å². The summed E-state index contributed by atoms with van der Waals surface area (Å²) in [5.41, 5.74) is 2.70. The van der Waals surface area contributed by atoms with Gasteiger partial charge in [-0.15, -0.1) is 28.1 Å². The van der Waals surface area contributed by atoms with Gasteiger partial charge >= 0.3 is 0 Å². The SMILES string of the molecule is C=CCn1c(CC(=O)Nc2cccc(C)c2)nnc1SC(C)C(=O)Nc1nc(C)c(C)s1. The van der Waals surface area contributed by atoms with Crippen LogP contribution in [-0.4, -0.2) is 36.8 Å². The second-order valence-electron chi connectivity index (χ2n) is 7.30. The van der Waals surface area contributed by atoms with Crippen LogP contribution in [0, 0.1) is 20.8 Å². The molecule has 8 nitrogen and oxygen atoms in total. The lowest BCUT2D eigenvalue weighted by Crippen LogP contribution is -2.23. The van der Waals surface area contributed by atoms with Crippen LogP contribution in [0.4, 0.5) is 10.8 Å². The fourth-order valence-electron chi connectivity index (χ4n) is 2.87. The maximum Gasteiger partial charge on any atom is 0.239 e. The van der Waals surface area contributed by atoms with Gasteiger partial charge in [-0.3, -0.25) is 9.59 Å². The first-order chi connectivity index (χ1) is 15.3. The van der Waals surface area contributed by atoms with E-state index in [1.165, 1.54) is 23.1 Å². The number of carbonyl (C=O) groups is 2. The molecule has 0 saturated heterocycles. The average molecular weight is 471 g/mol. The van der Waals surface area contributed by atoms with Gasteiger partial charge in [0.15, 0.2) is 10.3 Å². The van der Waals surface area contributed by atoms with Crippen LogP contribution < -0.4 is 10.6 Å². The summed E-state index contributed by atoms with van der Waals surface area (Å²) < 4.78 is 1.80. The first-order valence-electron chi connectivity index (χ1n) is 10.1. The van der Waals surface area contributed by atoms with Crippen LogP contribution in [0.25, 0.3) is 0 Å². The van der Waals surface area contributed by atoms with Crippen molar-refractivity contribution in [3.05, 3.63) is 58.9 Å². The highest BCUT2D eigenvalue weighted by Crippen LogP contribution is 2.26. The second-order valence-corrected chi connectivity index (χ2v) is 9.81. The number of thiazole rings is 1. The fourth-order valence-corrected chi connectivity index (χ4v) is 4.56. The third-order valence-corrected chi connectivity index (χ3v) is 6.70. The molecule has 0 spiro atoms. The average Bonchev–Trinajstić information content (AvgIpc) is 3.24. The number of aromatic nitrogens is 4. The number of hydrogen-bond acceptors (Lipinski definition) is 7. The van der Waals surface area contributed by atoms with E-state index in [-0.39, 0.29) is 18.2 Å². The molecular formula is C22H26N6O2S2. The molecule has 168 valence electrons. The summed E-state index contributed by atoms with van der Waals surface area (Å²) in [7, 11) is 0. The molecule has 0 saturated carbocycles. The molecule has 0 radical (unpaired) electrons. The number of benzene rings is 1. The van der Waals surface area contributed by atoms with Gasteiger partial charge in [0, 0.05) is 17.1 Å². The number of nitrogens with zero attached hydrogens (tertiary/aromatic N) is 4. The van der Waals surface area contributed by atoms with E-state index >= 15 is 0 Å². The lowest BCUT2D eigenvalue weighted by molar-refractivity contribution is -0.116. The third-order valence-electron chi connectivity index (χ3n) is 4.64. The number of nitrogens with one attached hydrogen (secondary N) is 2. The lowest BCUT2D eigenvalue weighted by atomic mass is 10.2. The maximum absolute atomic E-state index is 12.6. The number of carbonyl (C=O) groups excluding carboxylic acids is 2. The lowest BCUT2D eigenvalue weighted by Gasteiger charge is -2.12. The molecule has 2 heterocycles. The smallest absolute Gasteiger partial charge is 0.239 e. The monoisotopic (exact) mass is 470 g/mol. The second kappa shape index (κ2) is 10.6. The Morgan fingerprint density at radius 1 is 1.25 bits per heavy atom. The number of rotatable bonds is 9. The highest BCUT2D eigenvalue weighted by molar-refractivity contribution is 8.00. The molecule has 2 amide bonds. The quantitative estimate of drug-likeness (QED) is 0.360. The van der Waals surface area contributed by atoms with Gasteiger partial charge in [-0.2, -0.15) is 0 Å². The Balaban J connectivity index is 1.67. The Morgan fingerprint density at radius 2 is 2.03 bits per heavy atom. The van der Waals surface area contributed by atoms with E-state index in [9.17, 15) is 9.59 Å². The fraction of sp³-hybridized carbons (Fsp3) is 0.318. The first-order valence-corrected chi connectivity index (χ1v) is 11.8. The van der Waals surface area contributed by atoms with E-state index in [2.05, 4.69) is 32.4 Å². The summed E-state index contributed by atoms with van der Waals surface area (Å²) in [5, 5.41) is 14.8. The van der Waals surface area contributed by atoms with Crippen molar-refractivity contribution in [3.63, 3.8) is 0 Å². The molecule has 10 heteroatoms. The van der Waals surface area contributed by atoms with Crippen molar-refractivity contribution >= 4 is 45.7 Å². The molecule has 1 atom stereocenters. The standard InChI is InChI=1S/C22H26N6O2S2/c1-6-10-28-18(12-19(29)24-17-9-7-8-13(2)11-17)26-27-22(28)32-16(5)20(30)25-21-23-14(3)15(4)31-21/h6-9,11,16H,1,10,12H2,2-5H3,(H,24,29)(H,23,25,30). The largest absolute Gasteiger partial charge is 0.326 e. The van der Waals surface area contributed by atoms with E-state index in [1.54, 1.807) is 17.6 Å². The zero-order chi connectivity index (χ0) is 23.3. The van der Waals surface area contributed by atoms with Gasteiger partial charge in [0.05, 0.1) is 17.4 Å². The van der Waals surface area contributed by atoms with Crippen LogP contribution >= 0.6 is 23.1 Å².